The van der Waals surface area contributed by atoms with Crippen LogP contribution in [0.15, 0.2) is 11.2 Å². The molecule has 6 nitrogen and oxygen atoms in total. The van der Waals surface area contributed by atoms with Gasteiger partial charge in [-0.15, -0.1) is 0 Å². The monoisotopic (exact) mass is 332 g/mol. The average molecular weight is 333 g/mol. The smallest absolute Gasteiger partial charge is 0.262 e. The molecule has 1 spiro atoms. The minimum atomic E-state index is -3.63. The number of sulfonamides is 1. The van der Waals surface area contributed by atoms with E-state index in [1.54, 1.807) is 11.4 Å². The van der Waals surface area contributed by atoms with Crippen LogP contribution in [0, 0.1) is 0 Å². The maximum absolute atomic E-state index is 13.1. The van der Waals surface area contributed by atoms with E-state index in [0.29, 0.717) is 13.1 Å². The fourth-order valence-corrected chi connectivity index (χ4v) is 6.07. The summed E-state index contributed by atoms with van der Waals surface area (Å²) in [6, 6.07) is 0. The molecule has 1 aliphatic carbocycles. The number of nitrogens with zero attached hydrogens (tertiary/aromatic N) is 3. The molecule has 1 saturated carbocycles. The Morgan fingerprint density at radius 1 is 1.33 bits per heavy atom. The van der Waals surface area contributed by atoms with Gasteiger partial charge >= 0.3 is 0 Å². The lowest BCUT2D eigenvalue weighted by molar-refractivity contribution is 0.100. The van der Waals surface area contributed by atoms with E-state index in [2.05, 4.69) is 10.4 Å². The van der Waals surface area contributed by atoms with Crippen molar-refractivity contribution >= 4 is 21.6 Å². The number of halogens is 1. The highest BCUT2D eigenvalue weighted by molar-refractivity contribution is 7.89. The summed E-state index contributed by atoms with van der Waals surface area (Å²) < 4.78 is 29.3. The highest BCUT2D eigenvalue weighted by Gasteiger charge is 2.47. The molecule has 1 aliphatic heterocycles. The van der Waals surface area contributed by atoms with Gasteiger partial charge in [-0.05, 0) is 12.8 Å². The first-order valence-electron chi connectivity index (χ1n) is 7.38. The van der Waals surface area contributed by atoms with E-state index in [4.69, 9.17) is 11.6 Å². The summed E-state index contributed by atoms with van der Waals surface area (Å²) in [7, 11) is -2.01. The molecule has 0 aromatic carbocycles. The van der Waals surface area contributed by atoms with Crippen LogP contribution in [-0.4, -0.2) is 47.7 Å². The van der Waals surface area contributed by atoms with Crippen LogP contribution >= 0.6 is 11.6 Å². The van der Waals surface area contributed by atoms with Crippen molar-refractivity contribution < 1.29 is 8.42 Å². The molecule has 0 atom stereocenters. The second-order valence-electron chi connectivity index (χ2n) is 5.96. The third-order valence-corrected chi connectivity index (χ3v) is 7.15. The molecule has 1 aromatic rings. The van der Waals surface area contributed by atoms with Crippen molar-refractivity contribution in [1.29, 1.82) is 0 Å². The normalized spacial score (nSPS) is 23.5. The van der Waals surface area contributed by atoms with Gasteiger partial charge in [0.1, 0.15) is 0 Å². The third kappa shape index (κ3) is 2.50. The van der Waals surface area contributed by atoms with Crippen LogP contribution in [0.1, 0.15) is 32.1 Å². The zero-order chi connectivity index (χ0) is 15.1. The molecular formula is C13H21ClN4O2S. The van der Waals surface area contributed by atoms with E-state index in [1.807, 2.05) is 0 Å². The van der Waals surface area contributed by atoms with E-state index >= 15 is 0 Å². The topological polar surface area (TPSA) is 67.2 Å². The number of hydrogen-bond acceptors (Lipinski definition) is 4. The lowest BCUT2D eigenvalue weighted by Gasteiger charge is -2.48. The molecule has 0 amide bonds. The van der Waals surface area contributed by atoms with Gasteiger partial charge in [0.05, 0.1) is 11.2 Å². The Morgan fingerprint density at radius 3 is 2.67 bits per heavy atom. The van der Waals surface area contributed by atoms with E-state index in [-0.39, 0.29) is 15.6 Å². The molecule has 21 heavy (non-hydrogen) atoms. The summed E-state index contributed by atoms with van der Waals surface area (Å²) in [5.41, 5.74) is -0.303. The zero-order valence-electron chi connectivity index (χ0n) is 12.2. The summed E-state index contributed by atoms with van der Waals surface area (Å²) in [6.45, 7) is 1.89. The Kier molecular flexibility index (Phi) is 4.02. The van der Waals surface area contributed by atoms with Crippen molar-refractivity contribution in [1.82, 2.24) is 19.4 Å². The molecule has 2 heterocycles. The van der Waals surface area contributed by atoms with Gasteiger partial charge in [-0.25, -0.2) is 8.42 Å². The van der Waals surface area contributed by atoms with Crippen LogP contribution in [0.25, 0.3) is 0 Å². The van der Waals surface area contributed by atoms with Gasteiger partial charge in [0.25, 0.3) is 10.0 Å². The van der Waals surface area contributed by atoms with Gasteiger partial charge in [-0.1, -0.05) is 30.9 Å². The Bertz CT molecular complexity index is 594. The predicted molar refractivity (Wildman–Crippen MR) is 80.8 cm³/mol. The minimum Gasteiger partial charge on any atom is -0.314 e. The maximum atomic E-state index is 13.1. The Balaban J connectivity index is 2.03. The van der Waals surface area contributed by atoms with Crippen molar-refractivity contribution in [2.24, 2.45) is 7.05 Å². The number of nitrogens with one attached hydrogen (secondary N) is 1. The van der Waals surface area contributed by atoms with Crippen molar-refractivity contribution in [2.75, 3.05) is 19.6 Å². The second-order valence-corrected chi connectivity index (χ2v) is 8.15. The Hall–Kier alpha value is -0.630. The summed E-state index contributed by atoms with van der Waals surface area (Å²) in [5.74, 6) is 0. The summed E-state index contributed by atoms with van der Waals surface area (Å²) in [5, 5.41) is 7.64. The Labute approximate surface area is 130 Å². The van der Waals surface area contributed by atoms with Gasteiger partial charge in [-0.3, -0.25) is 4.68 Å². The predicted octanol–water partition coefficient (Wildman–Crippen LogP) is 1.37. The number of aromatic nitrogens is 2. The van der Waals surface area contributed by atoms with E-state index in [1.165, 1.54) is 17.3 Å². The number of hydrogen-bond donors (Lipinski definition) is 1. The van der Waals surface area contributed by atoms with Crippen LogP contribution in [0.2, 0.25) is 5.02 Å². The van der Waals surface area contributed by atoms with E-state index in [9.17, 15) is 8.42 Å². The standard InChI is InChI=1S/C13H21ClN4O2S/c1-17-12(11(14)9-16-17)21(19,20)18-8-7-15-10-13(18)5-3-2-4-6-13/h9,15H,2-8,10H2,1H3. The largest absolute Gasteiger partial charge is 0.314 e. The van der Waals surface area contributed by atoms with E-state index < -0.39 is 10.0 Å². The first kappa shape index (κ1) is 15.3. The molecular weight excluding hydrogens is 312 g/mol. The molecule has 8 heteroatoms. The van der Waals surface area contributed by atoms with Gasteiger partial charge < -0.3 is 5.32 Å². The Morgan fingerprint density at radius 2 is 2.05 bits per heavy atom. The molecule has 3 rings (SSSR count). The first-order valence-corrected chi connectivity index (χ1v) is 9.20. The van der Waals surface area contributed by atoms with E-state index in [0.717, 1.165) is 32.2 Å². The molecule has 0 bridgehead atoms. The van der Waals surface area contributed by atoms with Crippen molar-refractivity contribution in [3.8, 4) is 0 Å². The van der Waals surface area contributed by atoms with Crippen LogP contribution in [-0.2, 0) is 17.1 Å². The van der Waals surface area contributed by atoms with Gasteiger partial charge in [0.2, 0.25) is 0 Å². The lowest BCUT2D eigenvalue weighted by Crippen LogP contribution is -2.63. The van der Waals surface area contributed by atoms with Crippen LogP contribution in [0.3, 0.4) is 0 Å². The molecule has 0 unspecified atom stereocenters. The highest BCUT2D eigenvalue weighted by atomic mass is 35.5. The van der Waals surface area contributed by atoms with Gasteiger partial charge in [0.15, 0.2) is 5.03 Å². The maximum Gasteiger partial charge on any atom is 0.262 e. The minimum absolute atomic E-state index is 0.107. The zero-order valence-corrected chi connectivity index (χ0v) is 13.8. The highest BCUT2D eigenvalue weighted by Crippen LogP contribution is 2.38. The SMILES string of the molecule is Cn1ncc(Cl)c1S(=O)(=O)N1CCNCC12CCCCC2. The van der Waals surface area contributed by atoms with Crippen molar-refractivity contribution in [2.45, 2.75) is 42.7 Å². The molecule has 118 valence electrons. The van der Waals surface area contributed by atoms with Crippen LogP contribution < -0.4 is 5.32 Å². The number of piperazine rings is 1. The van der Waals surface area contributed by atoms with Crippen molar-refractivity contribution in [3.63, 3.8) is 0 Å². The molecule has 1 saturated heterocycles. The lowest BCUT2D eigenvalue weighted by atomic mass is 9.80. The van der Waals surface area contributed by atoms with Crippen molar-refractivity contribution in [3.05, 3.63) is 11.2 Å². The number of rotatable bonds is 2. The molecule has 1 aromatic heterocycles. The summed E-state index contributed by atoms with van der Waals surface area (Å²) >= 11 is 6.07. The van der Waals surface area contributed by atoms with Crippen LogP contribution in [0.4, 0.5) is 0 Å². The summed E-state index contributed by atoms with van der Waals surface area (Å²) in [4.78, 5) is 0. The molecule has 0 radical (unpaired) electrons. The summed E-state index contributed by atoms with van der Waals surface area (Å²) in [6.07, 6.45) is 6.55. The van der Waals surface area contributed by atoms with Gasteiger partial charge in [-0.2, -0.15) is 9.40 Å². The first-order chi connectivity index (χ1) is 9.97. The molecule has 2 fully saturated rings. The average Bonchev–Trinajstić information content (AvgIpc) is 2.80. The second kappa shape index (κ2) is 5.53. The third-order valence-electron chi connectivity index (χ3n) is 4.64. The number of aryl methyl sites for hydroxylation is 1. The molecule has 1 N–H and O–H groups in total. The fourth-order valence-electron chi connectivity index (χ4n) is 3.63. The fraction of sp³-hybridized carbons (Fsp3) is 0.769. The molecule has 2 aliphatic rings. The quantitative estimate of drug-likeness (QED) is 0.888. The van der Waals surface area contributed by atoms with Crippen LogP contribution in [0.5, 0.6) is 0 Å². The van der Waals surface area contributed by atoms with Gasteiger partial charge in [0, 0.05) is 32.2 Å².